The number of tetrazole rings is 1. The van der Waals surface area contributed by atoms with E-state index in [1.807, 2.05) is 0 Å². The zero-order chi connectivity index (χ0) is 25.5. The van der Waals surface area contributed by atoms with Gasteiger partial charge >= 0.3 is 6.18 Å². The molecule has 0 unspecified atom stereocenters. The Kier molecular flexibility index (Phi) is 5.94. The molecule has 2 aliphatic rings. The molecule has 0 radical (unpaired) electrons. The van der Waals surface area contributed by atoms with Crippen LogP contribution in [0.4, 0.5) is 23.2 Å². The van der Waals surface area contributed by atoms with Crippen LogP contribution in [0.3, 0.4) is 0 Å². The number of halogens is 4. The molecule has 2 aromatic carbocycles. The van der Waals surface area contributed by atoms with Crippen LogP contribution in [0.2, 0.25) is 0 Å². The molecule has 1 atom stereocenters. The zero-order valence-corrected chi connectivity index (χ0v) is 18.7. The van der Waals surface area contributed by atoms with E-state index in [9.17, 15) is 27.2 Å². The minimum atomic E-state index is -4.69. The van der Waals surface area contributed by atoms with E-state index in [-0.39, 0.29) is 47.4 Å². The lowest BCUT2D eigenvalue weighted by Gasteiger charge is -2.19. The maximum Gasteiger partial charge on any atom is 0.416 e. The van der Waals surface area contributed by atoms with Gasteiger partial charge in [-0.05, 0) is 60.0 Å². The average Bonchev–Trinajstić information content (AvgIpc) is 3.20. The number of amides is 2. The molecule has 2 amide bonds. The highest BCUT2D eigenvalue weighted by atomic mass is 19.4. The number of carbonyl (C=O) groups excluding carboxylic acids is 2. The number of aromatic amines is 1. The van der Waals surface area contributed by atoms with Gasteiger partial charge in [0.25, 0.3) is 5.91 Å². The highest BCUT2D eigenvalue weighted by Gasteiger charge is 2.53. The molecular formula is C23H20F4N6O3. The number of nitrogens with one attached hydrogen (secondary N) is 3. The molecule has 1 aliphatic heterocycles. The molecule has 1 saturated heterocycles. The van der Waals surface area contributed by atoms with Crippen LogP contribution in [0.15, 0.2) is 36.4 Å². The molecule has 188 valence electrons. The Labute approximate surface area is 201 Å². The second kappa shape index (κ2) is 8.97. The van der Waals surface area contributed by atoms with Gasteiger partial charge in [-0.2, -0.15) is 13.2 Å². The molecule has 1 aliphatic carbocycles. The van der Waals surface area contributed by atoms with E-state index in [0.29, 0.717) is 31.3 Å². The molecule has 1 aromatic heterocycles. The molecule has 1 saturated carbocycles. The van der Waals surface area contributed by atoms with Gasteiger partial charge in [0.2, 0.25) is 5.91 Å². The van der Waals surface area contributed by atoms with Crippen LogP contribution in [-0.4, -0.2) is 51.7 Å². The summed E-state index contributed by atoms with van der Waals surface area (Å²) in [5, 5.41) is 19.1. The minimum absolute atomic E-state index is 0.0950. The van der Waals surface area contributed by atoms with E-state index in [4.69, 9.17) is 4.74 Å². The monoisotopic (exact) mass is 504 g/mol. The van der Waals surface area contributed by atoms with Crippen LogP contribution in [0.1, 0.15) is 40.7 Å². The van der Waals surface area contributed by atoms with Crippen molar-refractivity contribution >= 4 is 17.5 Å². The Morgan fingerprint density at radius 2 is 1.94 bits per heavy atom. The maximum absolute atomic E-state index is 14.6. The third kappa shape index (κ3) is 4.53. The standard InChI is InChI=1S/C23H20F4N6O3/c24-18-9-12(23(25,26)27)1-4-17(18)22(6-7-22)21(35)29-13-2-3-15(16(10-13)19-30-32-33-31-19)20(34)28-14-5-8-36-11-14/h1-4,9-10,14H,5-8,11H2,(H,28,34)(H,29,35)(H,30,31,32,33)/t14-/m0/s1. The lowest BCUT2D eigenvalue weighted by Crippen LogP contribution is -2.35. The van der Waals surface area contributed by atoms with E-state index >= 15 is 0 Å². The second-order valence-corrected chi connectivity index (χ2v) is 8.77. The molecule has 3 aromatic rings. The highest BCUT2D eigenvalue weighted by Crippen LogP contribution is 2.50. The van der Waals surface area contributed by atoms with Crippen molar-refractivity contribution in [3.63, 3.8) is 0 Å². The fraction of sp³-hybridized carbons (Fsp3) is 0.348. The number of hydrogen-bond donors (Lipinski definition) is 3. The van der Waals surface area contributed by atoms with Gasteiger partial charge in [-0.15, -0.1) is 5.10 Å². The van der Waals surface area contributed by atoms with Gasteiger partial charge in [-0.25, -0.2) is 9.49 Å². The highest BCUT2D eigenvalue weighted by molar-refractivity contribution is 6.04. The van der Waals surface area contributed by atoms with Crippen molar-refractivity contribution in [1.29, 1.82) is 0 Å². The zero-order valence-electron chi connectivity index (χ0n) is 18.7. The second-order valence-electron chi connectivity index (χ2n) is 8.77. The van der Waals surface area contributed by atoms with E-state index in [2.05, 4.69) is 31.3 Å². The summed E-state index contributed by atoms with van der Waals surface area (Å²) in [5.41, 5.74) is -1.63. The predicted octanol–water partition coefficient (Wildman–Crippen LogP) is 3.21. The number of benzene rings is 2. The smallest absolute Gasteiger partial charge is 0.379 e. The summed E-state index contributed by atoms with van der Waals surface area (Å²) < 4.78 is 58.6. The summed E-state index contributed by atoms with van der Waals surface area (Å²) in [7, 11) is 0. The molecule has 13 heteroatoms. The van der Waals surface area contributed by atoms with Gasteiger partial charge in [-0.1, -0.05) is 6.07 Å². The van der Waals surface area contributed by atoms with Gasteiger partial charge in [-0.3, -0.25) is 9.59 Å². The van der Waals surface area contributed by atoms with Crippen LogP contribution in [0.25, 0.3) is 11.4 Å². The summed E-state index contributed by atoms with van der Waals surface area (Å²) >= 11 is 0. The van der Waals surface area contributed by atoms with Gasteiger partial charge in [0.1, 0.15) is 5.82 Å². The number of ether oxygens (including phenoxy) is 1. The third-order valence-electron chi connectivity index (χ3n) is 6.38. The minimum Gasteiger partial charge on any atom is -0.379 e. The Hall–Kier alpha value is -3.87. The Bertz CT molecular complexity index is 1300. The maximum atomic E-state index is 14.6. The van der Waals surface area contributed by atoms with Crippen molar-refractivity contribution in [3.05, 3.63) is 58.9 Å². The van der Waals surface area contributed by atoms with Gasteiger partial charge in [0.15, 0.2) is 5.82 Å². The van der Waals surface area contributed by atoms with Crippen molar-refractivity contribution in [1.82, 2.24) is 25.9 Å². The van der Waals surface area contributed by atoms with E-state index < -0.39 is 28.9 Å². The summed E-state index contributed by atoms with van der Waals surface area (Å²) in [6, 6.07) is 6.55. The topological polar surface area (TPSA) is 122 Å². The van der Waals surface area contributed by atoms with E-state index in [1.54, 1.807) is 0 Å². The number of anilines is 1. The lowest BCUT2D eigenvalue weighted by molar-refractivity contribution is -0.137. The summed E-state index contributed by atoms with van der Waals surface area (Å²) in [5.74, 6) is -1.84. The van der Waals surface area contributed by atoms with Gasteiger partial charge in [0, 0.05) is 23.4 Å². The van der Waals surface area contributed by atoms with Gasteiger partial charge < -0.3 is 15.4 Å². The normalized spacial score (nSPS) is 18.6. The number of hydrogen-bond acceptors (Lipinski definition) is 6. The molecule has 0 bridgehead atoms. The van der Waals surface area contributed by atoms with Crippen LogP contribution in [0, 0.1) is 5.82 Å². The Morgan fingerprint density at radius 1 is 1.14 bits per heavy atom. The average molecular weight is 504 g/mol. The Balaban J connectivity index is 1.40. The van der Waals surface area contributed by atoms with Crippen molar-refractivity contribution in [2.45, 2.75) is 36.9 Å². The SMILES string of the molecule is O=C(N[C@H]1CCOC1)c1ccc(NC(=O)C2(c3ccc(C(F)(F)F)cc3F)CC2)cc1-c1nnn[nH]1. The number of rotatable bonds is 6. The van der Waals surface area contributed by atoms with E-state index in [0.717, 1.165) is 12.1 Å². The molecule has 3 N–H and O–H groups in total. The number of nitrogens with zero attached hydrogens (tertiary/aromatic N) is 3. The van der Waals surface area contributed by atoms with Crippen molar-refractivity contribution in [2.24, 2.45) is 0 Å². The first kappa shape index (κ1) is 23.9. The van der Waals surface area contributed by atoms with Crippen molar-refractivity contribution in [3.8, 4) is 11.4 Å². The number of aromatic nitrogens is 4. The van der Waals surface area contributed by atoms with Crippen LogP contribution in [0.5, 0.6) is 0 Å². The summed E-state index contributed by atoms with van der Waals surface area (Å²) in [4.78, 5) is 26.0. The summed E-state index contributed by atoms with van der Waals surface area (Å²) in [6.07, 6.45) is -3.45. The molecule has 2 heterocycles. The fourth-order valence-corrected chi connectivity index (χ4v) is 4.27. The number of carbonyl (C=O) groups is 2. The molecule has 2 fully saturated rings. The lowest BCUT2D eigenvalue weighted by atomic mass is 9.93. The van der Waals surface area contributed by atoms with Crippen molar-refractivity contribution < 1.29 is 31.9 Å². The first-order valence-corrected chi connectivity index (χ1v) is 11.1. The fourth-order valence-electron chi connectivity index (χ4n) is 4.27. The van der Waals surface area contributed by atoms with Crippen LogP contribution >= 0.6 is 0 Å². The first-order chi connectivity index (χ1) is 17.2. The van der Waals surface area contributed by atoms with Crippen LogP contribution in [-0.2, 0) is 21.1 Å². The predicted molar refractivity (Wildman–Crippen MR) is 117 cm³/mol. The largest absolute Gasteiger partial charge is 0.416 e. The third-order valence-corrected chi connectivity index (χ3v) is 6.38. The molecule has 5 rings (SSSR count). The van der Waals surface area contributed by atoms with Crippen LogP contribution < -0.4 is 10.6 Å². The molecule has 9 nitrogen and oxygen atoms in total. The van der Waals surface area contributed by atoms with Gasteiger partial charge in [0.05, 0.1) is 29.2 Å². The van der Waals surface area contributed by atoms with Crippen molar-refractivity contribution in [2.75, 3.05) is 18.5 Å². The first-order valence-electron chi connectivity index (χ1n) is 11.1. The van der Waals surface area contributed by atoms with E-state index in [1.165, 1.54) is 18.2 Å². The molecular weight excluding hydrogens is 484 g/mol. The number of alkyl halides is 3. The Morgan fingerprint density at radius 3 is 2.56 bits per heavy atom. The summed E-state index contributed by atoms with van der Waals surface area (Å²) in [6.45, 7) is 0.956. The molecule has 0 spiro atoms. The number of H-pyrrole nitrogens is 1. The molecule has 36 heavy (non-hydrogen) atoms. The quantitative estimate of drug-likeness (QED) is 0.444.